The Kier molecular flexibility index (Phi) is 4.57. The lowest BCUT2D eigenvalue weighted by molar-refractivity contribution is -0.130. The van der Waals surface area contributed by atoms with Crippen molar-refractivity contribution in [1.82, 2.24) is 15.3 Å². The Bertz CT molecular complexity index is 479. The van der Waals surface area contributed by atoms with E-state index < -0.39 is 0 Å². The monoisotopic (exact) mass is 277 g/mol. The summed E-state index contributed by atoms with van der Waals surface area (Å²) >= 11 is 0. The summed E-state index contributed by atoms with van der Waals surface area (Å²) in [6.45, 7) is 4.12. The molecule has 1 aromatic rings. The third-order valence-electron chi connectivity index (χ3n) is 3.34. The first-order valence-corrected chi connectivity index (χ1v) is 6.55. The maximum Gasteiger partial charge on any atom is 0.265 e. The van der Waals surface area contributed by atoms with Crippen molar-refractivity contribution in [3.8, 4) is 5.75 Å². The quantitative estimate of drug-likeness (QED) is 0.874. The topological polar surface area (TPSA) is 61.9 Å². The standard InChI is InChI=1S/C14H19N3O3/c1-11(18)16-7-9-17(10-8-16)15-14(19)12-3-5-13(20-2)6-4-12/h3-6H,7-10H2,1-2H3,(H,15,19). The van der Waals surface area contributed by atoms with Gasteiger partial charge in [0, 0.05) is 38.7 Å². The van der Waals surface area contributed by atoms with E-state index in [4.69, 9.17) is 4.74 Å². The van der Waals surface area contributed by atoms with Gasteiger partial charge in [-0.3, -0.25) is 15.0 Å². The Morgan fingerprint density at radius 3 is 2.20 bits per heavy atom. The summed E-state index contributed by atoms with van der Waals surface area (Å²) in [7, 11) is 1.59. The molecule has 108 valence electrons. The Labute approximate surface area is 118 Å². The van der Waals surface area contributed by atoms with Gasteiger partial charge in [0.1, 0.15) is 5.75 Å². The normalized spacial score (nSPS) is 15.8. The Morgan fingerprint density at radius 1 is 1.10 bits per heavy atom. The second-order valence-corrected chi connectivity index (χ2v) is 4.66. The summed E-state index contributed by atoms with van der Waals surface area (Å²) in [4.78, 5) is 25.0. The SMILES string of the molecule is COc1ccc(C(=O)NN2CCN(C(C)=O)CC2)cc1. The van der Waals surface area contributed by atoms with Gasteiger partial charge in [-0.2, -0.15) is 0 Å². The number of hydrogen-bond donors (Lipinski definition) is 1. The molecule has 6 nitrogen and oxygen atoms in total. The second kappa shape index (κ2) is 6.38. The van der Waals surface area contributed by atoms with E-state index in [1.165, 1.54) is 0 Å². The van der Waals surface area contributed by atoms with Crippen LogP contribution in [-0.2, 0) is 4.79 Å². The predicted octanol–water partition coefficient (Wildman–Crippen LogP) is 0.504. The van der Waals surface area contributed by atoms with Gasteiger partial charge in [0.05, 0.1) is 7.11 Å². The molecule has 6 heteroatoms. The number of nitrogens with zero attached hydrogens (tertiary/aromatic N) is 2. The van der Waals surface area contributed by atoms with Gasteiger partial charge < -0.3 is 9.64 Å². The smallest absolute Gasteiger partial charge is 0.265 e. The zero-order chi connectivity index (χ0) is 14.5. The summed E-state index contributed by atoms with van der Waals surface area (Å²) in [5, 5.41) is 1.84. The molecule has 2 amide bonds. The summed E-state index contributed by atoms with van der Waals surface area (Å²) in [5.74, 6) is 0.645. The predicted molar refractivity (Wildman–Crippen MR) is 74.3 cm³/mol. The van der Waals surface area contributed by atoms with Crippen LogP contribution in [0.2, 0.25) is 0 Å². The van der Waals surface area contributed by atoms with Crippen LogP contribution in [0.1, 0.15) is 17.3 Å². The average Bonchev–Trinajstić information content (AvgIpc) is 2.48. The van der Waals surface area contributed by atoms with E-state index in [0.29, 0.717) is 31.7 Å². The highest BCUT2D eigenvalue weighted by atomic mass is 16.5. The van der Waals surface area contributed by atoms with Gasteiger partial charge in [-0.25, -0.2) is 5.01 Å². The molecule has 1 aliphatic heterocycles. The molecule has 1 heterocycles. The molecule has 1 saturated heterocycles. The maximum atomic E-state index is 12.1. The lowest BCUT2D eigenvalue weighted by atomic mass is 10.2. The molecule has 0 radical (unpaired) electrons. The van der Waals surface area contributed by atoms with Crippen LogP contribution in [0.5, 0.6) is 5.75 Å². The molecular weight excluding hydrogens is 258 g/mol. The number of hydrogen-bond acceptors (Lipinski definition) is 4. The first-order chi connectivity index (χ1) is 9.60. The van der Waals surface area contributed by atoms with E-state index in [-0.39, 0.29) is 11.8 Å². The van der Waals surface area contributed by atoms with Gasteiger partial charge in [0.2, 0.25) is 5.91 Å². The number of rotatable bonds is 3. The highest BCUT2D eigenvalue weighted by Gasteiger charge is 2.20. The summed E-state index contributed by atoms with van der Waals surface area (Å²) in [6, 6.07) is 6.95. The molecule has 0 aromatic heterocycles. The van der Waals surface area contributed by atoms with E-state index in [1.54, 1.807) is 43.2 Å². The third-order valence-corrected chi connectivity index (χ3v) is 3.34. The highest BCUT2D eigenvalue weighted by Crippen LogP contribution is 2.11. The molecule has 2 rings (SSSR count). The summed E-state index contributed by atoms with van der Waals surface area (Å²) in [5.41, 5.74) is 3.43. The van der Waals surface area contributed by atoms with Crippen molar-refractivity contribution in [2.75, 3.05) is 33.3 Å². The van der Waals surface area contributed by atoms with Crippen LogP contribution < -0.4 is 10.2 Å². The van der Waals surface area contributed by atoms with Crippen molar-refractivity contribution in [3.05, 3.63) is 29.8 Å². The summed E-state index contributed by atoms with van der Waals surface area (Å²) < 4.78 is 5.05. The Hall–Kier alpha value is -2.08. The molecule has 1 fully saturated rings. The van der Waals surface area contributed by atoms with Crippen LogP contribution in [0.25, 0.3) is 0 Å². The second-order valence-electron chi connectivity index (χ2n) is 4.66. The number of hydrazine groups is 1. The third kappa shape index (κ3) is 3.48. The molecule has 0 atom stereocenters. The van der Waals surface area contributed by atoms with Crippen molar-refractivity contribution in [1.29, 1.82) is 0 Å². The molecular formula is C14H19N3O3. The Morgan fingerprint density at radius 2 is 1.70 bits per heavy atom. The lowest BCUT2D eigenvalue weighted by Crippen LogP contribution is -2.54. The fourth-order valence-corrected chi connectivity index (χ4v) is 2.08. The first kappa shape index (κ1) is 14.3. The van der Waals surface area contributed by atoms with Crippen LogP contribution in [0.15, 0.2) is 24.3 Å². The zero-order valence-electron chi connectivity index (χ0n) is 11.8. The molecule has 0 aliphatic carbocycles. The number of benzene rings is 1. The first-order valence-electron chi connectivity index (χ1n) is 6.55. The van der Waals surface area contributed by atoms with E-state index in [1.807, 2.05) is 5.01 Å². The molecule has 0 unspecified atom stereocenters. The van der Waals surface area contributed by atoms with Crippen LogP contribution in [0.4, 0.5) is 0 Å². The fraction of sp³-hybridized carbons (Fsp3) is 0.429. The van der Waals surface area contributed by atoms with Gasteiger partial charge in [-0.15, -0.1) is 0 Å². The van der Waals surface area contributed by atoms with Gasteiger partial charge in [0.15, 0.2) is 0 Å². The van der Waals surface area contributed by atoms with E-state index in [2.05, 4.69) is 5.43 Å². The number of carbonyl (C=O) groups is 2. The number of ether oxygens (including phenoxy) is 1. The van der Waals surface area contributed by atoms with Crippen LogP contribution in [0, 0.1) is 0 Å². The van der Waals surface area contributed by atoms with Crippen molar-refractivity contribution >= 4 is 11.8 Å². The average molecular weight is 277 g/mol. The van der Waals surface area contributed by atoms with E-state index in [9.17, 15) is 9.59 Å². The molecule has 1 N–H and O–H groups in total. The largest absolute Gasteiger partial charge is 0.497 e. The summed E-state index contributed by atoms with van der Waals surface area (Å²) in [6.07, 6.45) is 0. The van der Waals surface area contributed by atoms with Gasteiger partial charge in [-0.1, -0.05) is 0 Å². The minimum absolute atomic E-state index is 0.0751. The van der Waals surface area contributed by atoms with Gasteiger partial charge in [0.25, 0.3) is 5.91 Å². The van der Waals surface area contributed by atoms with Crippen molar-refractivity contribution < 1.29 is 14.3 Å². The molecule has 1 aliphatic rings. The molecule has 0 saturated carbocycles. The number of methoxy groups -OCH3 is 1. The van der Waals surface area contributed by atoms with Crippen molar-refractivity contribution in [2.24, 2.45) is 0 Å². The van der Waals surface area contributed by atoms with Crippen LogP contribution in [-0.4, -0.2) is 55.0 Å². The molecule has 1 aromatic carbocycles. The fourth-order valence-electron chi connectivity index (χ4n) is 2.08. The van der Waals surface area contributed by atoms with E-state index >= 15 is 0 Å². The van der Waals surface area contributed by atoms with Gasteiger partial charge in [-0.05, 0) is 24.3 Å². The Balaban J connectivity index is 1.87. The van der Waals surface area contributed by atoms with Crippen LogP contribution >= 0.6 is 0 Å². The van der Waals surface area contributed by atoms with E-state index in [0.717, 1.165) is 5.75 Å². The number of carbonyl (C=O) groups excluding carboxylic acids is 2. The zero-order valence-corrected chi connectivity index (χ0v) is 11.8. The number of nitrogens with one attached hydrogen (secondary N) is 1. The van der Waals surface area contributed by atoms with Crippen LogP contribution in [0.3, 0.4) is 0 Å². The van der Waals surface area contributed by atoms with Crippen molar-refractivity contribution in [2.45, 2.75) is 6.92 Å². The highest BCUT2D eigenvalue weighted by molar-refractivity contribution is 5.93. The van der Waals surface area contributed by atoms with Crippen molar-refractivity contribution in [3.63, 3.8) is 0 Å². The molecule has 0 bridgehead atoms. The minimum Gasteiger partial charge on any atom is -0.497 e. The minimum atomic E-state index is -0.149. The maximum absolute atomic E-state index is 12.1. The molecule has 0 spiro atoms. The van der Waals surface area contributed by atoms with Gasteiger partial charge >= 0.3 is 0 Å². The number of piperazine rings is 1. The number of amides is 2. The lowest BCUT2D eigenvalue weighted by Gasteiger charge is -2.34. The molecule has 20 heavy (non-hydrogen) atoms.